The van der Waals surface area contributed by atoms with Gasteiger partial charge in [0, 0.05) is 17.8 Å². The molecule has 4 aliphatic carbocycles. The Kier molecular flexibility index (Phi) is 2.98. The van der Waals surface area contributed by atoms with Gasteiger partial charge in [0.2, 0.25) is 0 Å². The average Bonchev–Trinajstić information content (AvgIpc) is 2.87. The van der Waals surface area contributed by atoms with Gasteiger partial charge in [-0.05, 0) is 67.6 Å². The van der Waals surface area contributed by atoms with Crippen LogP contribution in [-0.2, 0) is 14.3 Å². The summed E-state index contributed by atoms with van der Waals surface area (Å²) in [5.74, 6) is 2.44. The number of carbonyl (C=O) groups excluding carboxylic acids is 1. The van der Waals surface area contributed by atoms with E-state index in [2.05, 4.69) is 13.8 Å². The molecule has 5 fully saturated rings. The van der Waals surface area contributed by atoms with E-state index in [-0.39, 0.29) is 5.41 Å². The standard InChI is InChI=1S/C20H30O3/c1-18-11-22-12-23-17(18)6-7-19(2)16(18)4-3-14-9-13-10-20(14,19)8-5-15(13)21/h13-14,16-17H,3-12H2,1-2H3/t13?,14?,16?,17?,18-,19-,20?/m0/s1. The first-order valence-electron chi connectivity index (χ1n) is 9.72. The third kappa shape index (κ3) is 1.66. The van der Waals surface area contributed by atoms with E-state index in [0.717, 1.165) is 25.4 Å². The van der Waals surface area contributed by atoms with Crippen LogP contribution in [0, 0.1) is 34.0 Å². The molecule has 7 atom stereocenters. The molecule has 23 heavy (non-hydrogen) atoms. The molecule has 1 heterocycles. The zero-order valence-electron chi connectivity index (χ0n) is 14.6. The molecule has 0 aromatic carbocycles. The number of ketones is 1. The third-order valence-electron chi connectivity index (χ3n) is 9.17. The van der Waals surface area contributed by atoms with E-state index in [1.165, 1.54) is 38.5 Å². The second-order valence-electron chi connectivity index (χ2n) is 9.67. The zero-order valence-corrected chi connectivity index (χ0v) is 14.6. The van der Waals surface area contributed by atoms with Crippen molar-refractivity contribution in [1.82, 2.24) is 0 Å². The number of hydrogen-bond acceptors (Lipinski definition) is 3. The quantitative estimate of drug-likeness (QED) is 0.678. The Morgan fingerprint density at radius 3 is 2.87 bits per heavy atom. The summed E-state index contributed by atoms with van der Waals surface area (Å²) in [4.78, 5) is 12.3. The second kappa shape index (κ2) is 4.60. The molecule has 3 heteroatoms. The molecule has 0 amide bonds. The lowest BCUT2D eigenvalue weighted by molar-refractivity contribution is -0.279. The van der Waals surface area contributed by atoms with Crippen molar-refractivity contribution in [2.45, 2.75) is 71.3 Å². The van der Waals surface area contributed by atoms with Crippen molar-refractivity contribution in [2.75, 3.05) is 13.4 Å². The molecule has 128 valence electrons. The van der Waals surface area contributed by atoms with Crippen LogP contribution in [0.4, 0.5) is 0 Å². The lowest BCUT2D eigenvalue weighted by atomic mass is 9.39. The predicted molar refractivity (Wildman–Crippen MR) is 86.8 cm³/mol. The minimum Gasteiger partial charge on any atom is -0.355 e. The van der Waals surface area contributed by atoms with E-state index >= 15 is 0 Å². The minimum absolute atomic E-state index is 0.171. The highest BCUT2D eigenvalue weighted by Gasteiger charge is 2.69. The maximum atomic E-state index is 12.3. The van der Waals surface area contributed by atoms with Crippen LogP contribution in [0.5, 0.6) is 0 Å². The van der Waals surface area contributed by atoms with Crippen LogP contribution in [0.3, 0.4) is 0 Å². The predicted octanol–water partition coefficient (Wildman–Crippen LogP) is 3.95. The summed E-state index contributed by atoms with van der Waals surface area (Å²) in [6.45, 7) is 6.35. The van der Waals surface area contributed by atoms with Gasteiger partial charge >= 0.3 is 0 Å². The van der Waals surface area contributed by atoms with Crippen LogP contribution < -0.4 is 0 Å². The third-order valence-corrected chi connectivity index (χ3v) is 9.17. The summed E-state index contributed by atoms with van der Waals surface area (Å²) in [7, 11) is 0. The fourth-order valence-electron chi connectivity index (χ4n) is 8.10. The van der Waals surface area contributed by atoms with E-state index in [4.69, 9.17) is 9.47 Å². The summed E-state index contributed by atoms with van der Waals surface area (Å²) in [6.07, 6.45) is 9.86. The van der Waals surface area contributed by atoms with Crippen LogP contribution in [-0.4, -0.2) is 25.3 Å². The van der Waals surface area contributed by atoms with Crippen LogP contribution in [0.1, 0.15) is 65.2 Å². The molecule has 1 aliphatic heterocycles. The highest BCUT2D eigenvalue weighted by atomic mass is 16.7. The lowest BCUT2D eigenvalue weighted by Crippen LogP contribution is -2.64. The van der Waals surface area contributed by atoms with Crippen molar-refractivity contribution in [3.63, 3.8) is 0 Å². The van der Waals surface area contributed by atoms with Gasteiger partial charge in [-0.25, -0.2) is 0 Å². The molecule has 4 saturated carbocycles. The molecule has 3 nitrogen and oxygen atoms in total. The molecular weight excluding hydrogens is 288 g/mol. The highest BCUT2D eigenvalue weighted by Crippen LogP contribution is 2.74. The molecule has 0 radical (unpaired) electrons. The van der Waals surface area contributed by atoms with Gasteiger partial charge in [0.15, 0.2) is 0 Å². The summed E-state index contributed by atoms with van der Waals surface area (Å²) < 4.78 is 11.8. The first-order valence-corrected chi connectivity index (χ1v) is 9.72. The molecule has 1 saturated heterocycles. The Balaban J connectivity index is 1.57. The average molecular weight is 318 g/mol. The fourth-order valence-corrected chi connectivity index (χ4v) is 8.10. The van der Waals surface area contributed by atoms with Crippen molar-refractivity contribution in [1.29, 1.82) is 0 Å². The van der Waals surface area contributed by atoms with E-state index in [1.807, 2.05) is 0 Å². The molecule has 5 rings (SSSR count). The van der Waals surface area contributed by atoms with Gasteiger partial charge in [-0.15, -0.1) is 0 Å². The SMILES string of the molecule is C[C@@]12COCOC1CC[C@@]1(C)C2CCC2CC3CC21CCC3=O. The van der Waals surface area contributed by atoms with E-state index in [0.29, 0.717) is 41.3 Å². The molecule has 2 bridgehead atoms. The van der Waals surface area contributed by atoms with Crippen LogP contribution in [0.25, 0.3) is 0 Å². The number of ether oxygens (including phenoxy) is 2. The van der Waals surface area contributed by atoms with Gasteiger partial charge in [0.05, 0.1) is 12.7 Å². The highest BCUT2D eigenvalue weighted by molar-refractivity contribution is 5.82. The van der Waals surface area contributed by atoms with Gasteiger partial charge in [0.25, 0.3) is 0 Å². The van der Waals surface area contributed by atoms with Gasteiger partial charge in [-0.2, -0.15) is 0 Å². The number of hydrogen-bond donors (Lipinski definition) is 0. The Morgan fingerprint density at radius 1 is 1.13 bits per heavy atom. The van der Waals surface area contributed by atoms with Crippen molar-refractivity contribution in [2.24, 2.45) is 34.0 Å². The monoisotopic (exact) mass is 318 g/mol. The second-order valence-corrected chi connectivity index (χ2v) is 9.67. The van der Waals surface area contributed by atoms with Gasteiger partial charge in [-0.1, -0.05) is 13.8 Å². The van der Waals surface area contributed by atoms with E-state index < -0.39 is 0 Å². The summed E-state index contributed by atoms with van der Waals surface area (Å²) in [5, 5.41) is 0. The Hall–Kier alpha value is -0.410. The molecule has 5 unspecified atom stereocenters. The van der Waals surface area contributed by atoms with E-state index in [1.54, 1.807) is 0 Å². The molecule has 1 spiro atoms. The topological polar surface area (TPSA) is 35.5 Å². The smallest absolute Gasteiger partial charge is 0.147 e. The number of fused-ring (bicyclic) bond motifs is 4. The maximum absolute atomic E-state index is 12.3. The summed E-state index contributed by atoms with van der Waals surface area (Å²) in [6, 6.07) is 0. The van der Waals surface area contributed by atoms with Crippen LogP contribution >= 0.6 is 0 Å². The Labute approximate surface area is 139 Å². The normalized spacial score (nSPS) is 58.3. The van der Waals surface area contributed by atoms with Gasteiger partial charge in [0.1, 0.15) is 12.6 Å². The fraction of sp³-hybridized carbons (Fsp3) is 0.950. The summed E-state index contributed by atoms with van der Waals surface area (Å²) in [5.41, 5.74) is 0.977. The Morgan fingerprint density at radius 2 is 2.00 bits per heavy atom. The van der Waals surface area contributed by atoms with Gasteiger partial charge < -0.3 is 9.47 Å². The number of carbonyl (C=O) groups is 1. The van der Waals surface area contributed by atoms with Crippen molar-refractivity contribution in [3.05, 3.63) is 0 Å². The van der Waals surface area contributed by atoms with E-state index in [9.17, 15) is 4.79 Å². The molecule has 0 N–H and O–H groups in total. The molecule has 0 aromatic heterocycles. The minimum atomic E-state index is 0.171. The first kappa shape index (κ1) is 14.9. The summed E-state index contributed by atoms with van der Waals surface area (Å²) >= 11 is 0. The molecule has 5 aliphatic rings. The number of Topliss-reactive ketones (excluding diaryl/α,β-unsaturated/α-hetero) is 1. The maximum Gasteiger partial charge on any atom is 0.147 e. The molecular formula is C20H30O3. The van der Waals surface area contributed by atoms with Crippen LogP contribution in [0.15, 0.2) is 0 Å². The number of rotatable bonds is 0. The first-order chi connectivity index (χ1) is 11.0. The van der Waals surface area contributed by atoms with Crippen molar-refractivity contribution < 1.29 is 14.3 Å². The lowest BCUT2D eigenvalue weighted by Gasteiger charge is -2.67. The zero-order chi connectivity index (χ0) is 15.9. The van der Waals surface area contributed by atoms with Crippen molar-refractivity contribution in [3.8, 4) is 0 Å². The molecule has 0 aromatic rings. The van der Waals surface area contributed by atoms with Crippen LogP contribution in [0.2, 0.25) is 0 Å². The van der Waals surface area contributed by atoms with Gasteiger partial charge in [-0.3, -0.25) is 4.79 Å². The largest absolute Gasteiger partial charge is 0.355 e. The van der Waals surface area contributed by atoms with Crippen molar-refractivity contribution >= 4 is 5.78 Å². The Bertz CT molecular complexity index is 545.